The molecule has 0 aromatic heterocycles. The van der Waals surface area contributed by atoms with Crippen molar-refractivity contribution in [3.63, 3.8) is 0 Å². The Hall–Kier alpha value is -2.51. The average molecular weight is 420 g/mol. The van der Waals surface area contributed by atoms with E-state index in [1.165, 1.54) is 33.1 Å². The van der Waals surface area contributed by atoms with Crippen molar-refractivity contribution in [2.24, 2.45) is 0 Å². The van der Waals surface area contributed by atoms with Crippen LogP contribution in [-0.4, -0.2) is 45.7 Å². The number of amides is 1. The molecule has 162 valence electrons. The van der Waals surface area contributed by atoms with Crippen LogP contribution >= 0.6 is 0 Å². The Morgan fingerprint density at radius 2 is 1.80 bits per heavy atom. The molecule has 5 nitrogen and oxygen atoms in total. The molecule has 0 unspecified atom stereocenters. The summed E-state index contributed by atoms with van der Waals surface area (Å²) in [5.41, 5.74) is 2.72. The van der Waals surface area contributed by atoms with Crippen molar-refractivity contribution < 1.29 is 28.1 Å². The SMILES string of the molecule is COc1ccc(C)cc1C[NH+]1CC[NH+](CC(=O)N[C@H](C)c2ccc(F)cc2F)CC1. The van der Waals surface area contributed by atoms with E-state index in [0.717, 1.165) is 44.5 Å². The van der Waals surface area contributed by atoms with E-state index in [1.54, 1.807) is 14.0 Å². The topological polar surface area (TPSA) is 47.2 Å². The molecule has 1 aliphatic heterocycles. The van der Waals surface area contributed by atoms with E-state index in [1.807, 2.05) is 6.07 Å². The first-order valence-corrected chi connectivity index (χ1v) is 10.4. The Morgan fingerprint density at radius 3 is 2.47 bits per heavy atom. The number of rotatable bonds is 7. The smallest absolute Gasteiger partial charge is 0.275 e. The highest BCUT2D eigenvalue weighted by Crippen LogP contribution is 2.19. The van der Waals surface area contributed by atoms with Crippen molar-refractivity contribution in [2.75, 3.05) is 39.8 Å². The second-order valence-corrected chi connectivity index (χ2v) is 8.12. The first-order valence-electron chi connectivity index (χ1n) is 10.4. The molecule has 1 heterocycles. The summed E-state index contributed by atoms with van der Waals surface area (Å²) in [6.07, 6.45) is 0. The number of carbonyl (C=O) groups excluding carboxylic acids is 1. The fraction of sp³-hybridized carbons (Fsp3) is 0.435. The van der Waals surface area contributed by atoms with Crippen molar-refractivity contribution in [3.05, 3.63) is 64.7 Å². The molecule has 7 heteroatoms. The monoisotopic (exact) mass is 419 g/mol. The average Bonchev–Trinajstić information content (AvgIpc) is 2.69. The van der Waals surface area contributed by atoms with Gasteiger partial charge in [0, 0.05) is 17.2 Å². The molecular weight excluding hydrogens is 388 g/mol. The van der Waals surface area contributed by atoms with E-state index >= 15 is 0 Å². The number of hydrogen-bond donors (Lipinski definition) is 3. The quantitative estimate of drug-likeness (QED) is 0.610. The first kappa shape index (κ1) is 22.2. The van der Waals surface area contributed by atoms with Gasteiger partial charge in [0.05, 0.1) is 13.2 Å². The van der Waals surface area contributed by atoms with Gasteiger partial charge in [0.15, 0.2) is 6.54 Å². The predicted molar refractivity (Wildman–Crippen MR) is 111 cm³/mol. The Balaban J connectivity index is 1.47. The van der Waals surface area contributed by atoms with Crippen LogP contribution in [0.1, 0.15) is 29.7 Å². The number of quaternary nitrogens is 2. The van der Waals surface area contributed by atoms with Crippen LogP contribution in [0, 0.1) is 18.6 Å². The number of methoxy groups -OCH3 is 1. The number of nitrogens with one attached hydrogen (secondary N) is 3. The number of ether oxygens (including phenoxy) is 1. The van der Waals surface area contributed by atoms with Crippen molar-refractivity contribution in [1.29, 1.82) is 0 Å². The third-order valence-corrected chi connectivity index (χ3v) is 5.76. The summed E-state index contributed by atoms with van der Waals surface area (Å²) in [6.45, 7) is 8.80. The van der Waals surface area contributed by atoms with Gasteiger partial charge >= 0.3 is 0 Å². The van der Waals surface area contributed by atoms with Crippen LogP contribution in [0.15, 0.2) is 36.4 Å². The highest BCUT2D eigenvalue weighted by molar-refractivity contribution is 5.77. The van der Waals surface area contributed by atoms with Crippen molar-refractivity contribution >= 4 is 5.91 Å². The molecule has 1 aliphatic rings. The number of halogens is 2. The normalized spacial score (nSPS) is 19.9. The fourth-order valence-corrected chi connectivity index (χ4v) is 4.08. The second kappa shape index (κ2) is 10.00. The van der Waals surface area contributed by atoms with Crippen molar-refractivity contribution in [3.8, 4) is 5.75 Å². The van der Waals surface area contributed by atoms with Crippen LogP contribution in [0.5, 0.6) is 5.75 Å². The Bertz CT molecular complexity index is 883. The van der Waals surface area contributed by atoms with Gasteiger partial charge in [0.2, 0.25) is 0 Å². The lowest BCUT2D eigenvalue weighted by Crippen LogP contribution is -3.28. The standard InChI is InChI=1S/C23H29F2N3O2/c1-16-4-7-22(30-3)18(12-16)14-27-8-10-28(11-9-27)15-23(29)26-17(2)20-6-5-19(24)13-21(20)25/h4-7,12-13,17H,8-11,14-15H2,1-3H3,(H,26,29)/p+2/t17-/m1/s1. The van der Waals surface area contributed by atoms with E-state index < -0.39 is 17.7 Å². The zero-order valence-corrected chi connectivity index (χ0v) is 17.9. The summed E-state index contributed by atoms with van der Waals surface area (Å²) in [6, 6.07) is 9.17. The lowest BCUT2D eigenvalue weighted by Gasteiger charge is -2.30. The highest BCUT2D eigenvalue weighted by atomic mass is 19.1. The van der Waals surface area contributed by atoms with Crippen LogP contribution in [0.2, 0.25) is 0 Å². The largest absolute Gasteiger partial charge is 0.496 e. The summed E-state index contributed by atoms with van der Waals surface area (Å²) in [5, 5.41) is 2.83. The Kier molecular flexibility index (Phi) is 7.39. The maximum atomic E-state index is 13.9. The van der Waals surface area contributed by atoms with Gasteiger partial charge in [0.1, 0.15) is 50.1 Å². The van der Waals surface area contributed by atoms with Crippen molar-refractivity contribution in [2.45, 2.75) is 26.4 Å². The molecule has 0 bridgehead atoms. The highest BCUT2D eigenvalue weighted by Gasteiger charge is 2.26. The lowest BCUT2D eigenvalue weighted by molar-refractivity contribution is -1.02. The molecule has 1 saturated heterocycles. The van der Waals surface area contributed by atoms with E-state index in [2.05, 4.69) is 24.4 Å². The molecule has 3 N–H and O–H groups in total. The number of carbonyl (C=O) groups is 1. The molecule has 0 radical (unpaired) electrons. The third-order valence-electron chi connectivity index (χ3n) is 5.76. The van der Waals surface area contributed by atoms with Gasteiger partial charge in [0.25, 0.3) is 5.91 Å². The molecule has 0 aliphatic carbocycles. The van der Waals surface area contributed by atoms with Crippen molar-refractivity contribution in [1.82, 2.24) is 5.32 Å². The summed E-state index contributed by atoms with van der Waals surface area (Å²) in [5.74, 6) is -0.462. The maximum Gasteiger partial charge on any atom is 0.275 e. The zero-order valence-electron chi connectivity index (χ0n) is 17.9. The second-order valence-electron chi connectivity index (χ2n) is 8.12. The minimum absolute atomic E-state index is 0.120. The minimum atomic E-state index is -0.640. The fourth-order valence-electron chi connectivity index (χ4n) is 4.08. The molecule has 0 saturated carbocycles. The number of benzene rings is 2. The van der Waals surface area contributed by atoms with Crippen LogP contribution in [0.4, 0.5) is 8.78 Å². The van der Waals surface area contributed by atoms with Crippen LogP contribution in [0.25, 0.3) is 0 Å². The van der Waals surface area contributed by atoms with E-state index in [9.17, 15) is 13.6 Å². The van der Waals surface area contributed by atoms with Gasteiger partial charge < -0.3 is 19.9 Å². The molecule has 1 atom stereocenters. The minimum Gasteiger partial charge on any atom is -0.496 e. The number of aryl methyl sites for hydroxylation is 1. The number of hydrogen-bond acceptors (Lipinski definition) is 2. The number of piperazine rings is 1. The Labute approximate surface area is 176 Å². The first-order chi connectivity index (χ1) is 14.4. The lowest BCUT2D eigenvalue weighted by atomic mass is 10.1. The summed E-state index contributed by atoms with van der Waals surface area (Å²) in [4.78, 5) is 15.1. The Morgan fingerprint density at radius 1 is 1.10 bits per heavy atom. The maximum absolute atomic E-state index is 13.9. The van der Waals surface area contributed by atoms with Crippen LogP contribution in [0.3, 0.4) is 0 Å². The molecule has 3 rings (SSSR count). The molecule has 2 aromatic carbocycles. The predicted octanol–water partition coefficient (Wildman–Crippen LogP) is 0.443. The molecule has 0 spiro atoms. The van der Waals surface area contributed by atoms with E-state index in [0.29, 0.717) is 12.1 Å². The molecule has 30 heavy (non-hydrogen) atoms. The van der Waals surface area contributed by atoms with E-state index in [-0.39, 0.29) is 5.91 Å². The van der Waals surface area contributed by atoms with Crippen LogP contribution in [-0.2, 0) is 11.3 Å². The summed E-state index contributed by atoms with van der Waals surface area (Å²) in [7, 11) is 1.70. The van der Waals surface area contributed by atoms with E-state index in [4.69, 9.17) is 4.74 Å². The van der Waals surface area contributed by atoms with Crippen LogP contribution < -0.4 is 19.9 Å². The molecule has 1 fully saturated rings. The zero-order chi connectivity index (χ0) is 21.7. The third kappa shape index (κ3) is 5.77. The van der Waals surface area contributed by atoms with Gasteiger partial charge in [-0.05, 0) is 32.0 Å². The molecule has 1 amide bonds. The summed E-state index contributed by atoms with van der Waals surface area (Å²) >= 11 is 0. The van der Waals surface area contributed by atoms with Gasteiger partial charge in [-0.2, -0.15) is 0 Å². The molecular formula is C23H31F2N3O2+2. The molecule has 2 aromatic rings. The van der Waals surface area contributed by atoms with Gasteiger partial charge in [-0.15, -0.1) is 0 Å². The summed E-state index contributed by atoms with van der Waals surface area (Å²) < 4.78 is 32.5. The van der Waals surface area contributed by atoms with Gasteiger partial charge in [-0.25, -0.2) is 8.78 Å². The van der Waals surface area contributed by atoms with Gasteiger partial charge in [-0.3, -0.25) is 4.79 Å². The van der Waals surface area contributed by atoms with Gasteiger partial charge in [-0.1, -0.05) is 17.7 Å².